The van der Waals surface area contributed by atoms with E-state index in [0.29, 0.717) is 51.0 Å². The molecule has 0 unspecified atom stereocenters. The number of rotatable bonds is 7. The number of benzene rings is 1. The monoisotopic (exact) mass is 434 g/mol. The maximum atomic E-state index is 12.9. The minimum absolute atomic E-state index is 0.170. The van der Waals surface area contributed by atoms with E-state index in [-0.39, 0.29) is 12.0 Å². The zero-order chi connectivity index (χ0) is 20.4. The third-order valence-corrected chi connectivity index (χ3v) is 6.11. The second-order valence-corrected chi connectivity index (χ2v) is 8.56. The van der Waals surface area contributed by atoms with Gasteiger partial charge >= 0.3 is 0 Å². The number of carbonyl (C=O) groups excluding carboxylic acids is 1. The number of pyridine rings is 1. The maximum absolute atomic E-state index is 12.9. The third-order valence-electron chi connectivity index (χ3n) is 5.36. The lowest BCUT2D eigenvalue weighted by Gasteiger charge is -2.18. The molecule has 1 aromatic carbocycles. The van der Waals surface area contributed by atoms with E-state index in [1.807, 2.05) is 6.07 Å². The topological polar surface area (TPSA) is 60.5 Å². The van der Waals surface area contributed by atoms with Crippen LogP contribution in [0.15, 0.2) is 24.4 Å². The van der Waals surface area contributed by atoms with Crippen molar-refractivity contribution in [3.63, 3.8) is 0 Å². The Kier molecular flexibility index (Phi) is 6.16. The van der Waals surface area contributed by atoms with E-state index in [0.717, 1.165) is 12.8 Å². The average molecular weight is 435 g/mol. The van der Waals surface area contributed by atoms with Gasteiger partial charge in [0.1, 0.15) is 0 Å². The summed E-state index contributed by atoms with van der Waals surface area (Å²) >= 11 is 12.4. The van der Waals surface area contributed by atoms with Crippen LogP contribution in [0.2, 0.25) is 10.0 Å². The number of carbonyl (C=O) groups is 1. The number of nitrogens with zero attached hydrogens (tertiary/aromatic N) is 1. The molecule has 2 aliphatic rings. The van der Waals surface area contributed by atoms with Crippen molar-refractivity contribution in [3.8, 4) is 11.5 Å². The molecule has 7 heteroatoms. The molecule has 1 amide bonds. The van der Waals surface area contributed by atoms with E-state index < -0.39 is 0 Å². The van der Waals surface area contributed by atoms with Crippen LogP contribution in [0.4, 0.5) is 5.69 Å². The van der Waals surface area contributed by atoms with Gasteiger partial charge < -0.3 is 14.8 Å². The number of hydrogen-bond acceptors (Lipinski definition) is 4. The molecular formula is C22H24Cl2N2O3. The molecule has 1 N–H and O–H groups in total. The van der Waals surface area contributed by atoms with Crippen LogP contribution in [-0.4, -0.2) is 23.6 Å². The molecule has 1 heterocycles. The maximum Gasteiger partial charge on any atom is 0.255 e. The molecule has 154 valence electrons. The summed E-state index contributed by atoms with van der Waals surface area (Å²) in [4.78, 5) is 17.0. The van der Waals surface area contributed by atoms with E-state index in [2.05, 4.69) is 10.3 Å². The predicted octanol–water partition coefficient (Wildman–Crippen LogP) is 6.06. The SMILES string of the molecule is Cc1ncc(Cl)c(NC(=O)c2ccc(OCC3CC3)c(OC3CCCC3)c2)c1Cl. The van der Waals surface area contributed by atoms with Crippen molar-refractivity contribution in [1.82, 2.24) is 4.98 Å². The summed E-state index contributed by atoms with van der Waals surface area (Å²) in [5, 5.41) is 3.42. The summed E-state index contributed by atoms with van der Waals surface area (Å²) in [5.74, 6) is 1.63. The molecule has 1 aromatic heterocycles. The number of anilines is 1. The molecule has 0 radical (unpaired) electrons. The normalized spacial score (nSPS) is 16.7. The molecule has 29 heavy (non-hydrogen) atoms. The summed E-state index contributed by atoms with van der Waals surface area (Å²) in [6, 6.07) is 5.28. The summed E-state index contributed by atoms with van der Waals surface area (Å²) in [6.07, 6.45) is 8.46. The molecule has 2 saturated carbocycles. The third kappa shape index (κ3) is 4.96. The molecule has 2 aromatic rings. The van der Waals surface area contributed by atoms with Crippen molar-refractivity contribution >= 4 is 34.8 Å². The number of amides is 1. The number of aryl methyl sites for hydroxylation is 1. The first-order valence-corrected chi connectivity index (χ1v) is 10.8. The molecule has 0 atom stereocenters. The van der Waals surface area contributed by atoms with Crippen molar-refractivity contribution in [3.05, 3.63) is 45.7 Å². The number of ether oxygens (including phenoxy) is 2. The van der Waals surface area contributed by atoms with Crippen LogP contribution in [0.1, 0.15) is 54.6 Å². The van der Waals surface area contributed by atoms with E-state index in [1.165, 1.54) is 31.9 Å². The fourth-order valence-electron chi connectivity index (χ4n) is 3.40. The van der Waals surface area contributed by atoms with Crippen LogP contribution in [0.25, 0.3) is 0 Å². The summed E-state index contributed by atoms with van der Waals surface area (Å²) in [7, 11) is 0. The van der Waals surface area contributed by atoms with Crippen LogP contribution in [0, 0.1) is 12.8 Å². The largest absolute Gasteiger partial charge is 0.489 e. The molecule has 0 spiro atoms. The molecule has 0 saturated heterocycles. The van der Waals surface area contributed by atoms with Gasteiger partial charge in [-0.15, -0.1) is 0 Å². The molecule has 0 bridgehead atoms. The summed E-state index contributed by atoms with van der Waals surface area (Å²) < 4.78 is 12.2. The fourth-order valence-corrected chi connectivity index (χ4v) is 3.84. The first-order chi connectivity index (χ1) is 14.0. The van der Waals surface area contributed by atoms with Gasteiger partial charge in [-0.1, -0.05) is 23.2 Å². The molecule has 4 rings (SSSR count). The molecule has 2 fully saturated rings. The minimum Gasteiger partial charge on any atom is -0.489 e. The lowest BCUT2D eigenvalue weighted by Crippen LogP contribution is -2.16. The Balaban J connectivity index is 1.55. The van der Waals surface area contributed by atoms with Gasteiger partial charge in [-0.05, 0) is 69.6 Å². The Morgan fingerprint density at radius 1 is 1.17 bits per heavy atom. The van der Waals surface area contributed by atoms with Crippen molar-refractivity contribution in [2.45, 2.75) is 51.6 Å². The highest BCUT2D eigenvalue weighted by atomic mass is 35.5. The van der Waals surface area contributed by atoms with Crippen LogP contribution < -0.4 is 14.8 Å². The van der Waals surface area contributed by atoms with Gasteiger partial charge in [0, 0.05) is 11.8 Å². The zero-order valence-electron chi connectivity index (χ0n) is 16.3. The second-order valence-electron chi connectivity index (χ2n) is 7.77. The minimum atomic E-state index is -0.315. The Morgan fingerprint density at radius 2 is 1.93 bits per heavy atom. The zero-order valence-corrected chi connectivity index (χ0v) is 17.9. The second kappa shape index (κ2) is 8.80. The van der Waals surface area contributed by atoms with Crippen molar-refractivity contribution in [2.75, 3.05) is 11.9 Å². The van der Waals surface area contributed by atoms with E-state index in [9.17, 15) is 4.79 Å². The van der Waals surface area contributed by atoms with Crippen LogP contribution in [-0.2, 0) is 0 Å². The standard InChI is InChI=1S/C22H24Cl2N2O3/c1-13-20(24)21(17(23)11-25-13)26-22(27)15-8-9-18(28-12-14-6-7-14)19(10-15)29-16-4-2-3-5-16/h8-11,14,16H,2-7,12H2,1H3,(H,25,26,27). The van der Waals surface area contributed by atoms with Gasteiger partial charge in [0.25, 0.3) is 5.91 Å². The Labute approximate surface area is 180 Å². The highest BCUT2D eigenvalue weighted by Gasteiger charge is 2.24. The van der Waals surface area contributed by atoms with Crippen LogP contribution >= 0.6 is 23.2 Å². The van der Waals surface area contributed by atoms with Gasteiger partial charge in [0.05, 0.1) is 34.1 Å². The first kappa shape index (κ1) is 20.3. The van der Waals surface area contributed by atoms with Gasteiger partial charge in [-0.3, -0.25) is 9.78 Å². The lowest BCUT2D eigenvalue weighted by molar-refractivity contribution is 0.102. The van der Waals surface area contributed by atoms with Crippen molar-refractivity contribution in [1.29, 1.82) is 0 Å². The molecule has 5 nitrogen and oxygen atoms in total. The van der Waals surface area contributed by atoms with Crippen LogP contribution in [0.5, 0.6) is 11.5 Å². The quantitative estimate of drug-likeness (QED) is 0.574. The smallest absolute Gasteiger partial charge is 0.255 e. The molecular weight excluding hydrogens is 411 g/mol. The summed E-state index contributed by atoms with van der Waals surface area (Å²) in [6.45, 7) is 2.45. The molecule has 0 aliphatic heterocycles. The number of nitrogens with one attached hydrogen (secondary N) is 1. The van der Waals surface area contributed by atoms with Gasteiger partial charge in [-0.25, -0.2) is 0 Å². The van der Waals surface area contributed by atoms with E-state index >= 15 is 0 Å². The van der Waals surface area contributed by atoms with Crippen molar-refractivity contribution in [2.24, 2.45) is 5.92 Å². The predicted molar refractivity (Wildman–Crippen MR) is 114 cm³/mol. The number of halogens is 2. The molecule has 2 aliphatic carbocycles. The Hall–Kier alpha value is -1.98. The lowest BCUT2D eigenvalue weighted by atomic mass is 10.1. The fraction of sp³-hybridized carbons (Fsp3) is 0.455. The highest BCUT2D eigenvalue weighted by molar-refractivity contribution is 6.40. The number of aromatic nitrogens is 1. The van der Waals surface area contributed by atoms with Gasteiger partial charge in [-0.2, -0.15) is 0 Å². The van der Waals surface area contributed by atoms with E-state index in [4.69, 9.17) is 32.7 Å². The Morgan fingerprint density at radius 3 is 2.66 bits per heavy atom. The first-order valence-electron chi connectivity index (χ1n) is 10.1. The van der Waals surface area contributed by atoms with Crippen LogP contribution in [0.3, 0.4) is 0 Å². The Bertz CT molecular complexity index is 909. The average Bonchev–Trinajstić information content (AvgIpc) is 3.41. The highest BCUT2D eigenvalue weighted by Crippen LogP contribution is 2.36. The van der Waals surface area contributed by atoms with E-state index in [1.54, 1.807) is 19.1 Å². The van der Waals surface area contributed by atoms with Gasteiger partial charge in [0.15, 0.2) is 11.5 Å². The van der Waals surface area contributed by atoms with Gasteiger partial charge in [0.2, 0.25) is 0 Å². The summed E-state index contributed by atoms with van der Waals surface area (Å²) in [5.41, 5.74) is 1.41. The van der Waals surface area contributed by atoms with Crippen molar-refractivity contribution < 1.29 is 14.3 Å². The number of hydrogen-bond donors (Lipinski definition) is 1.